The van der Waals surface area contributed by atoms with Crippen LogP contribution in [0.15, 0.2) is 102 Å². The van der Waals surface area contributed by atoms with E-state index in [0.29, 0.717) is 18.0 Å². The Bertz CT molecular complexity index is 1790. The first-order valence-corrected chi connectivity index (χ1v) is 17.4. The minimum atomic E-state index is -4.31. The average molecular weight is 672 g/mol. The van der Waals surface area contributed by atoms with E-state index in [4.69, 9.17) is 9.47 Å². The number of methoxy groups -OCH3 is 2. The Balaban J connectivity index is 1.83. The van der Waals surface area contributed by atoms with Crippen LogP contribution in [0, 0.1) is 19.8 Å². The van der Waals surface area contributed by atoms with E-state index in [1.165, 1.54) is 37.3 Å². The Kier molecular flexibility index (Phi) is 12.2. The Morgan fingerprint density at radius 3 is 2.08 bits per heavy atom. The zero-order chi connectivity index (χ0) is 34.8. The number of aryl methyl sites for hydroxylation is 2. The molecule has 0 aromatic heterocycles. The van der Waals surface area contributed by atoms with Crippen LogP contribution >= 0.6 is 0 Å². The van der Waals surface area contributed by atoms with Crippen LogP contribution < -0.4 is 19.1 Å². The summed E-state index contributed by atoms with van der Waals surface area (Å²) >= 11 is 0. The molecule has 0 aliphatic heterocycles. The quantitative estimate of drug-likeness (QED) is 0.168. The van der Waals surface area contributed by atoms with Gasteiger partial charge in [0.1, 0.15) is 12.6 Å². The summed E-state index contributed by atoms with van der Waals surface area (Å²) in [5, 5.41) is 3.02. The van der Waals surface area contributed by atoms with Gasteiger partial charge < -0.3 is 19.7 Å². The highest BCUT2D eigenvalue weighted by atomic mass is 32.2. The van der Waals surface area contributed by atoms with E-state index in [1.54, 1.807) is 24.3 Å². The van der Waals surface area contributed by atoms with E-state index in [0.717, 1.165) is 26.6 Å². The van der Waals surface area contributed by atoms with Crippen molar-refractivity contribution in [1.29, 1.82) is 0 Å². The summed E-state index contributed by atoms with van der Waals surface area (Å²) in [7, 11) is -1.42. The van der Waals surface area contributed by atoms with Crippen LogP contribution in [0.25, 0.3) is 0 Å². The minimum absolute atomic E-state index is 0.0745. The van der Waals surface area contributed by atoms with Crippen LogP contribution in [0.5, 0.6) is 11.5 Å². The van der Waals surface area contributed by atoms with Gasteiger partial charge in [0.2, 0.25) is 11.8 Å². The Hall–Kier alpha value is -4.83. The molecule has 0 bridgehead atoms. The second-order valence-corrected chi connectivity index (χ2v) is 14.0. The van der Waals surface area contributed by atoms with E-state index in [9.17, 15) is 18.0 Å². The van der Waals surface area contributed by atoms with E-state index in [-0.39, 0.29) is 35.4 Å². The molecule has 4 aromatic rings. The molecule has 0 aliphatic rings. The highest BCUT2D eigenvalue weighted by Crippen LogP contribution is 2.32. The van der Waals surface area contributed by atoms with Crippen LogP contribution in [0.1, 0.15) is 36.1 Å². The van der Waals surface area contributed by atoms with Crippen molar-refractivity contribution >= 4 is 27.5 Å². The fraction of sp³-hybridized carbons (Fsp3) is 0.316. The third-order valence-electron chi connectivity index (χ3n) is 8.10. The lowest BCUT2D eigenvalue weighted by Crippen LogP contribution is -2.53. The predicted molar refractivity (Wildman–Crippen MR) is 189 cm³/mol. The van der Waals surface area contributed by atoms with Crippen molar-refractivity contribution in [1.82, 2.24) is 10.2 Å². The Morgan fingerprint density at radius 1 is 0.812 bits per heavy atom. The van der Waals surface area contributed by atoms with E-state index in [1.807, 2.05) is 82.3 Å². The molecule has 0 radical (unpaired) electrons. The standard InChI is InChI=1S/C38H45N3O6S/c1-27(2)24-39-38(43)34(22-30-13-8-7-9-14-30)40(25-31-15-11-10-12-29(31)4)37(42)26-41(32-18-16-28(3)17-19-32)48(44,45)33-20-21-35(46-5)36(23-33)47-6/h7-21,23,27,34H,22,24-26H2,1-6H3,(H,39,43)/t34-/m1/s1. The van der Waals surface area contributed by atoms with Crippen LogP contribution in [0.2, 0.25) is 0 Å². The SMILES string of the molecule is COc1ccc(S(=O)(=O)N(CC(=O)N(Cc2ccccc2C)[C@H](Cc2ccccc2)C(=O)NCC(C)C)c2ccc(C)cc2)cc1OC. The molecule has 0 saturated carbocycles. The molecule has 2 amide bonds. The van der Waals surface area contributed by atoms with E-state index < -0.39 is 28.5 Å². The number of benzene rings is 4. The van der Waals surface area contributed by atoms with Crippen molar-refractivity contribution in [3.8, 4) is 11.5 Å². The molecule has 0 unspecified atom stereocenters. The first kappa shape index (κ1) is 36.0. The van der Waals surface area contributed by atoms with Crippen LogP contribution in [0.4, 0.5) is 5.69 Å². The molecule has 0 heterocycles. The minimum Gasteiger partial charge on any atom is -0.493 e. The average Bonchev–Trinajstić information content (AvgIpc) is 3.08. The molecule has 254 valence electrons. The number of hydrogen-bond acceptors (Lipinski definition) is 6. The van der Waals surface area contributed by atoms with Crippen molar-refractivity contribution in [3.63, 3.8) is 0 Å². The fourth-order valence-electron chi connectivity index (χ4n) is 5.29. The number of carbonyl (C=O) groups excluding carboxylic acids is 2. The highest BCUT2D eigenvalue weighted by molar-refractivity contribution is 7.92. The lowest BCUT2D eigenvalue weighted by atomic mass is 10.0. The molecule has 1 N–H and O–H groups in total. The number of anilines is 1. The number of rotatable bonds is 15. The molecule has 10 heteroatoms. The summed E-state index contributed by atoms with van der Waals surface area (Å²) in [6, 6.07) is 27.5. The Morgan fingerprint density at radius 2 is 1.46 bits per heavy atom. The maximum absolute atomic E-state index is 14.7. The number of nitrogens with zero attached hydrogens (tertiary/aromatic N) is 2. The summed E-state index contributed by atoms with van der Waals surface area (Å²) < 4.78 is 40.6. The number of sulfonamides is 1. The first-order chi connectivity index (χ1) is 22.9. The molecule has 48 heavy (non-hydrogen) atoms. The molecule has 1 atom stereocenters. The van der Waals surface area contributed by atoms with Gasteiger partial charge in [-0.1, -0.05) is 86.1 Å². The molecule has 9 nitrogen and oxygen atoms in total. The van der Waals surface area contributed by atoms with E-state index >= 15 is 0 Å². The topological polar surface area (TPSA) is 105 Å². The molecule has 0 fully saturated rings. The monoisotopic (exact) mass is 671 g/mol. The highest BCUT2D eigenvalue weighted by Gasteiger charge is 2.35. The fourth-order valence-corrected chi connectivity index (χ4v) is 6.72. The van der Waals surface area contributed by atoms with Gasteiger partial charge in [-0.15, -0.1) is 0 Å². The van der Waals surface area contributed by atoms with Gasteiger partial charge in [-0.05, 0) is 60.7 Å². The summed E-state index contributed by atoms with van der Waals surface area (Å²) in [6.07, 6.45) is 0.245. The first-order valence-electron chi connectivity index (χ1n) is 15.9. The molecular formula is C38H45N3O6S. The van der Waals surface area contributed by atoms with Crippen molar-refractivity contribution in [3.05, 3.63) is 119 Å². The van der Waals surface area contributed by atoms with Gasteiger partial charge in [-0.2, -0.15) is 0 Å². The zero-order valence-corrected chi connectivity index (χ0v) is 29.3. The smallest absolute Gasteiger partial charge is 0.264 e. The molecule has 0 spiro atoms. The third-order valence-corrected chi connectivity index (χ3v) is 9.87. The van der Waals surface area contributed by atoms with Gasteiger partial charge in [0.25, 0.3) is 10.0 Å². The number of hydrogen-bond donors (Lipinski definition) is 1. The zero-order valence-electron chi connectivity index (χ0n) is 28.5. The maximum atomic E-state index is 14.7. The van der Waals surface area contributed by atoms with E-state index in [2.05, 4.69) is 5.32 Å². The van der Waals surface area contributed by atoms with Gasteiger partial charge in [0, 0.05) is 25.6 Å². The number of carbonyl (C=O) groups is 2. The second-order valence-electron chi connectivity index (χ2n) is 12.2. The predicted octanol–water partition coefficient (Wildman–Crippen LogP) is 5.93. The van der Waals surface area contributed by atoms with Crippen molar-refractivity contribution in [2.45, 2.75) is 51.6 Å². The Labute approximate surface area is 284 Å². The normalized spacial score (nSPS) is 11.9. The van der Waals surface area contributed by atoms with Gasteiger partial charge in [-0.3, -0.25) is 13.9 Å². The van der Waals surface area contributed by atoms with Gasteiger partial charge in [0.15, 0.2) is 11.5 Å². The number of nitrogens with one attached hydrogen (secondary N) is 1. The molecule has 0 saturated heterocycles. The van der Waals surface area contributed by atoms with Gasteiger partial charge in [-0.25, -0.2) is 8.42 Å². The summed E-state index contributed by atoms with van der Waals surface area (Å²) in [6.45, 7) is 7.84. The third kappa shape index (κ3) is 8.95. The number of ether oxygens (including phenoxy) is 2. The van der Waals surface area contributed by atoms with Gasteiger partial charge in [0.05, 0.1) is 24.8 Å². The molecule has 4 rings (SSSR count). The largest absolute Gasteiger partial charge is 0.493 e. The summed E-state index contributed by atoms with van der Waals surface area (Å²) in [5.74, 6) is -0.0344. The van der Waals surface area contributed by atoms with Crippen LogP contribution in [0.3, 0.4) is 0 Å². The van der Waals surface area contributed by atoms with Crippen LogP contribution in [-0.4, -0.2) is 58.5 Å². The summed E-state index contributed by atoms with van der Waals surface area (Å²) in [4.78, 5) is 30.1. The molecular weight excluding hydrogens is 627 g/mol. The lowest BCUT2D eigenvalue weighted by molar-refractivity contribution is -0.140. The van der Waals surface area contributed by atoms with Gasteiger partial charge >= 0.3 is 0 Å². The maximum Gasteiger partial charge on any atom is 0.264 e. The van der Waals surface area contributed by atoms with Crippen LogP contribution in [-0.2, 0) is 32.6 Å². The van der Waals surface area contributed by atoms with Crippen molar-refractivity contribution in [2.75, 3.05) is 31.6 Å². The van der Waals surface area contributed by atoms with Crippen molar-refractivity contribution in [2.24, 2.45) is 5.92 Å². The van der Waals surface area contributed by atoms with Crippen molar-refractivity contribution < 1.29 is 27.5 Å². The summed E-state index contributed by atoms with van der Waals surface area (Å²) in [5.41, 5.74) is 3.91. The lowest BCUT2D eigenvalue weighted by Gasteiger charge is -2.34. The molecule has 4 aromatic carbocycles. The second kappa shape index (κ2) is 16.3. The molecule has 0 aliphatic carbocycles. The number of amides is 2.